The molecule has 3 nitrogen and oxygen atoms in total. The molecule has 1 aliphatic heterocycles. The van der Waals surface area contributed by atoms with Crippen molar-refractivity contribution in [2.24, 2.45) is 0 Å². The summed E-state index contributed by atoms with van der Waals surface area (Å²) in [6, 6.07) is 5.49. The highest BCUT2D eigenvalue weighted by Gasteiger charge is 2.29. The average Bonchev–Trinajstić information content (AvgIpc) is 2.51. The van der Waals surface area contributed by atoms with Crippen LogP contribution >= 0.6 is 27.5 Å². The van der Waals surface area contributed by atoms with Crippen LogP contribution in [0.3, 0.4) is 0 Å². The van der Waals surface area contributed by atoms with Crippen molar-refractivity contribution in [1.29, 1.82) is 0 Å². The van der Waals surface area contributed by atoms with Crippen molar-refractivity contribution in [3.05, 3.63) is 34.9 Å². The third kappa shape index (κ3) is 3.66. The first kappa shape index (κ1) is 16.9. The number of carbonyl (C=O) groups is 1. The monoisotopic (exact) mass is 381 g/mol. The molecule has 0 fully saturated rings. The molecule has 0 spiro atoms. The lowest BCUT2D eigenvalue weighted by molar-refractivity contribution is -0.127. The van der Waals surface area contributed by atoms with Gasteiger partial charge in [0, 0.05) is 17.8 Å². The Hall–Kier alpha value is -1.44. The minimum Gasteiger partial charge on any atom is -0.481 e. The molecule has 0 N–H and O–H groups in total. The molecule has 1 atom stereocenters. The predicted molar refractivity (Wildman–Crippen MR) is 93.1 cm³/mol. The highest BCUT2D eigenvalue weighted by molar-refractivity contribution is 9.10. The van der Waals surface area contributed by atoms with Gasteiger partial charge in [0.05, 0.1) is 9.85 Å². The molecule has 1 heterocycles. The van der Waals surface area contributed by atoms with Gasteiger partial charge in [0.15, 0.2) is 0 Å². The van der Waals surface area contributed by atoms with E-state index in [1.807, 2.05) is 25.1 Å². The molecule has 22 heavy (non-hydrogen) atoms. The third-order valence-electron chi connectivity index (χ3n) is 3.36. The second-order valence-corrected chi connectivity index (χ2v) is 6.24. The number of carbonyl (C=O) groups excluding carboxylic acids is 1. The van der Waals surface area contributed by atoms with Crippen LogP contribution < -0.4 is 4.74 Å². The maximum absolute atomic E-state index is 12.2. The van der Waals surface area contributed by atoms with E-state index in [2.05, 4.69) is 27.8 Å². The van der Waals surface area contributed by atoms with Crippen LogP contribution in [0, 0.1) is 11.8 Å². The van der Waals surface area contributed by atoms with Crippen molar-refractivity contribution in [2.45, 2.75) is 25.1 Å². The zero-order chi connectivity index (χ0) is 16.1. The van der Waals surface area contributed by atoms with Crippen molar-refractivity contribution in [3.63, 3.8) is 0 Å². The molecule has 1 aromatic carbocycles. The molecular formula is C17H17BrClNO2. The number of ether oxygens (including phenoxy) is 1. The summed E-state index contributed by atoms with van der Waals surface area (Å²) in [5.74, 6) is 6.34. The summed E-state index contributed by atoms with van der Waals surface area (Å²) >= 11 is 9.77. The number of nitrogens with zero attached hydrogens (tertiary/aromatic N) is 1. The van der Waals surface area contributed by atoms with Crippen LogP contribution in [0.4, 0.5) is 0 Å². The van der Waals surface area contributed by atoms with E-state index >= 15 is 0 Å². The molecule has 1 unspecified atom stereocenters. The molecule has 0 bridgehead atoms. The fourth-order valence-electron chi connectivity index (χ4n) is 2.28. The Morgan fingerprint density at radius 2 is 2.27 bits per heavy atom. The fraction of sp³-hybridized carbons (Fsp3) is 0.353. The predicted octanol–water partition coefficient (Wildman–Crippen LogP) is 4.10. The van der Waals surface area contributed by atoms with Gasteiger partial charge in [-0.15, -0.1) is 5.92 Å². The Bertz CT molecular complexity index is 660. The normalized spacial score (nSPS) is 17.6. The third-order valence-corrected chi connectivity index (χ3v) is 4.44. The minimum absolute atomic E-state index is 0.0645. The van der Waals surface area contributed by atoms with Gasteiger partial charge in [0.1, 0.15) is 12.4 Å². The van der Waals surface area contributed by atoms with E-state index in [4.69, 9.17) is 16.3 Å². The van der Waals surface area contributed by atoms with E-state index < -0.39 is 0 Å². The molecule has 0 radical (unpaired) electrons. The lowest BCUT2D eigenvalue weighted by atomic mass is 10.0. The second-order valence-electron chi connectivity index (χ2n) is 4.73. The number of alkyl halides is 1. The van der Waals surface area contributed by atoms with E-state index in [1.54, 1.807) is 17.9 Å². The van der Waals surface area contributed by atoms with Gasteiger partial charge in [-0.1, -0.05) is 39.5 Å². The van der Waals surface area contributed by atoms with Crippen LogP contribution in [0.5, 0.6) is 5.75 Å². The summed E-state index contributed by atoms with van der Waals surface area (Å²) in [7, 11) is 0. The fourth-order valence-corrected chi connectivity index (χ4v) is 2.98. The summed E-state index contributed by atoms with van der Waals surface area (Å²) in [4.78, 5) is 13.8. The number of amides is 1. The van der Waals surface area contributed by atoms with Gasteiger partial charge in [-0.3, -0.25) is 4.79 Å². The standard InChI is InChI=1S/C17H17BrClNO2/c1-3-5-10-22-12-6-7-13(15(19)11-12)16-9-8-14(18)17(21)20(16)4-2/h6-7,9,11,14H,4,8,10H2,1-2H3. The smallest absolute Gasteiger partial charge is 0.241 e. The lowest BCUT2D eigenvalue weighted by Crippen LogP contribution is -2.38. The molecule has 5 heteroatoms. The van der Waals surface area contributed by atoms with Crippen molar-refractivity contribution in [3.8, 4) is 17.6 Å². The number of hydrogen-bond donors (Lipinski definition) is 0. The molecule has 0 saturated heterocycles. The Kier molecular flexibility index (Phi) is 5.93. The molecule has 1 aromatic rings. The lowest BCUT2D eigenvalue weighted by Gasteiger charge is -2.30. The molecule has 0 aliphatic carbocycles. The van der Waals surface area contributed by atoms with Crippen LogP contribution in [-0.2, 0) is 4.79 Å². The topological polar surface area (TPSA) is 29.5 Å². The van der Waals surface area contributed by atoms with Crippen LogP contribution in [0.25, 0.3) is 5.70 Å². The number of allylic oxidation sites excluding steroid dienone is 1. The molecule has 1 amide bonds. The Morgan fingerprint density at radius 3 is 2.91 bits per heavy atom. The highest BCUT2D eigenvalue weighted by Crippen LogP contribution is 2.34. The van der Waals surface area contributed by atoms with Crippen LogP contribution in [0.1, 0.15) is 25.8 Å². The zero-order valence-corrected chi connectivity index (χ0v) is 14.9. The molecule has 1 aliphatic rings. The maximum atomic E-state index is 12.2. The zero-order valence-electron chi connectivity index (χ0n) is 12.5. The van der Waals surface area contributed by atoms with Crippen LogP contribution in [-0.4, -0.2) is 28.8 Å². The van der Waals surface area contributed by atoms with Crippen molar-refractivity contribution < 1.29 is 9.53 Å². The van der Waals surface area contributed by atoms with Gasteiger partial charge in [-0.25, -0.2) is 0 Å². The van der Waals surface area contributed by atoms with Crippen molar-refractivity contribution >= 4 is 39.1 Å². The SMILES string of the molecule is CC#CCOc1ccc(C2=CCC(Br)C(=O)N2CC)c(Cl)c1. The maximum Gasteiger partial charge on any atom is 0.241 e. The molecule has 0 aromatic heterocycles. The Labute approximate surface area is 144 Å². The second kappa shape index (κ2) is 7.71. The van der Waals surface area contributed by atoms with Crippen LogP contribution in [0.15, 0.2) is 24.3 Å². The van der Waals surface area contributed by atoms with Gasteiger partial charge in [-0.05, 0) is 38.5 Å². The van der Waals surface area contributed by atoms with Gasteiger partial charge >= 0.3 is 0 Å². The number of hydrogen-bond acceptors (Lipinski definition) is 2. The van der Waals surface area contributed by atoms with E-state index in [0.717, 1.165) is 11.3 Å². The molecule has 2 rings (SSSR count). The van der Waals surface area contributed by atoms with E-state index in [9.17, 15) is 4.79 Å². The Balaban J connectivity index is 2.28. The highest BCUT2D eigenvalue weighted by atomic mass is 79.9. The minimum atomic E-state index is -0.162. The number of halogens is 2. The summed E-state index contributed by atoms with van der Waals surface area (Å²) in [6.45, 7) is 4.65. The summed E-state index contributed by atoms with van der Waals surface area (Å²) in [6.07, 6.45) is 2.69. The number of benzene rings is 1. The first-order chi connectivity index (χ1) is 10.6. The Morgan fingerprint density at radius 1 is 1.50 bits per heavy atom. The average molecular weight is 383 g/mol. The molecular weight excluding hydrogens is 366 g/mol. The molecule has 0 saturated carbocycles. The van der Waals surface area contributed by atoms with Crippen molar-refractivity contribution in [2.75, 3.05) is 13.2 Å². The van der Waals surface area contributed by atoms with Gasteiger partial charge in [0.2, 0.25) is 5.91 Å². The van der Waals surface area contributed by atoms with Gasteiger partial charge < -0.3 is 9.64 Å². The van der Waals surface area contributed by atoms with Gasteiger partial charge in [-0.2, -0.15) is 0 Å². The largest absolute Gasteiger partial charge is 0.481 e. The van der Waals surface area contributed by atoms with E-state index in [0.29, 0.717) is 30.3 Å². The van der Waals surface area contributed by atoms with Crippen molar-refractivity contribution in [1.82, 2.24) is 4.90 Å². The van der Waals surface area contributed by atoms with Crippen LogP contribution in [0.2, 0.25) is 5.02 Å². The molecule has 116 valence electrons. The first-order valence-corrected chi connectivity index (χ1v) is 8.35. The quantitative estimate of drug-likeness (QED) is 0.579. The van der Waals surface area contributed by atoms with Gasteiger partial charge in [0.25, 0.3) is 0 Å². The van der Waals surface area contributed by atoms with E-state index in [-0.39, 0.29) is 10.7 Å². The summed E-state index contributed by atoms with van der Waals surface area (Å²) in [5, 5.41) is 0.562. The summed E-state index contributed by atoms with van der Waals surface area (Å²) in [5.41, 5.74) is 1.69. The summed E-state index contributed by atoms with van der Waals surface area (Å²) < 4.78 is 5.50. The van der Waals surface area contributed by atoms with E-state index in [1.165, 1.54) is 0 Å². The first-order valence-electron chi connectivity index (χ1n) is 7.06. The number of rotatable bonds is 4.